The first kappa shape index (κ1) is 17.1. The number of hydrogen-bond donors (Lipinski definition) is 2. The second kappa shape index (κ2) is 8.39. The summed E-state index contributed by atoms with van der Waals surface area (Å²) >= 11 is 13.1. The first-order valence-corrected chi connectivity index (χ1v) is 7.84. The molecule has 0 aliphatic rings. The Labute approximate surface area is 131 Å². The Balaban J connectivity index is 2.47. The highest BCUT2D eigenvalue weighted by Crippen LogP contribution is 2.30. The van der Waals surface area contributed by atoms with Crippen molar-refractivity contribution in [2.75, 3.05) is 11.1 Å². The zero-order valence-corrected chi connectivity index (χ0v) is 13.2. The van der Waals surface area contributed by atoms with Crippen molar-refractivity contribution < 1.29 is 14.7 Å². The molecule has 1 amide bonds. The van der Waals surface area contributed by atoms with E-state index in [4.69, 9.17) is 28.3 Å². The molecule has 0 spiro atoms. The molecular weight excluding hydrogens is 321 g/mol. The fourth-order valence-electron chi connectivity index (χ4n) is 1.48. The summed E-state index contributed by atoms with van der Waals surface area (Å²) in [5.74, 6) is -0.668. The molecule has 1 aromatic carbocycles. The summed E-state index contributed by atoms with van der Waals surface area (Å²) in [5, 5.41) is 11.8. The predicted molar refractivity (Wildman–Crippen MR) is 83.9 cm³/mol. The molecule has 0 aliphatic heterocycles. The van der Waals surface area contributed by atoms with Crippen molar-refractivity contribution in [1.82, 2.24) is 0 Å². The molecule has 1 unspecified atom stereocenters. The Morgan fingerprint density at radius 3 is 2.45 bits per heavy atom. The predicted octanol–water partition coefficient (Wildman–Crippen LogP) is 3.92. The molecule has 0 radical (unpaired) electrons. The summed E-state index contributed by atoms with van der Waals surface area (Å²) in [6, 6.07) is 4.96. The molecule has 1 atom stereocenters. The van der Waals surface area contributed by atoms with Gasteiger partial charge in [-0.2, -0.15) is 0 Å². The lowest BCUT2D eigenvalue weighted by Crippen LogP contribution is -2.18. The summed E-state index contributed by atoms with van der Waals surface area (Å²) in [4.78, 5) is 22.6. The Morgan fingerprint density at radius 1 is 1.35 bits per heavy atom. The molecule has 0 saturated heterocycles. The zero-order chi connectivity index (χ0) is 15.1. The standard InChI is InChI=1S/C13H15Cl2NO3S/c1-2-10(13(18)19)20-7-6-11(17)16-12-8(14)4-3-5-9(12)15/h3-5,10H,2,6-7H2,1H3,(H,16,17)(H,18,19). The number of aliphatic carboxylic acids is 1. The number of nitrogens with one attached hydrogen (secondary N) is 1. The Bertz CT molecular complexity index is 476. The average molecular weight is 336 g/mol. The number of anilines is 1. The van der Waals surface area contributed by atoms with Gasteiger partial charge >= 0.3 is 5.97 Å². The van der Waals surface area contributed by atoms with Crippen molar-refractivity contribution >= 4 is 52.5 Å². The van der Waals surface area contributed by atoms with Crippen LogP contribution in [-0.4, -0.2) is 28.0 Å². The summed E-state index contributed by atoms with van der Waals surface area (Å²) < 4.78 is 0. The lowest BCUT2D eigenvalue weighted by molar-refractivity contribution is -0.136. The maximum atomic E-state index is 11.8. The third-order valence-electron chi connectivity index (χ3n) is 2.52. The van der Waals surface area contributed by atoms with E-state index in [2.05, 4.69) is 5.32 Å². The SMILES string of the molecule is CCC(SCCC(=O)Nc1c(Cl)cccc1Cl)C(=O)O. The quantitative estimate of drug-likeness (QED) is 0.792. The largest absolute Gasteiger partial charge is 0.480 e. The average Bonchev–Trinajstić information content (AvgIpc) is 2.38. The maximum Gasteiger partial charge on any atom is 0.316 e. The van der Waals surface area contributed by atoms with Crippen LogP contribution in [0.25, 0.3) is 0 Å². The number of rotatable bonds is 7. The van der Waals surface area contributed by atoms with Crippen LogP contribution in [0, 0.1) is 0 Å². The van der Waals surface area contributed by atoms with Crippen molar-refractivity contribution in [2.24, 2.45) is 0 Å². The van der Waals surface area contributed by atoms with Crippen LogP contribution >= 0.6 is 35.0 Å². The van der Waals surface area contributed by atoms with Crippen molar-refractivity contribution in [1.29, 1.82) is 0 Å². The molecule has 7 heteroatoms. The minimum atomic E-state index is -0.855. The molecule has 0 aliphatic carbocycles. The highest BCUT2D eigenvalue weighted by atomic mass is 35.5. The number of carboxylic acid groups (broad SMARTS) is 1. The van der Waals surface area contributed by atoms with Gasteiger partial charge in [0.25, 0.3) is 0 Å². The van der Waals surface area contributed by atoms with Crippen LogP contribution in [0.1, 0.15) is 19.8 Å². The Kier molecular flexibility index (Phi) is 7.19. The second-order valence-corrected chi connectivity index (χ2v) is 6.13. The molecule has 20 heavy (non-hydrogen) atoms. The molecule has 0 saturated carbocycles. The van der Waals surface area contributed by atoms with E-state index in [1.165, 1.54) is 11.8 Å². The van der Waals surface area contributed by atoms with Gasteiger partial charge in [-0.3, -0.25) is 9.59 Å². The number of benzene rings is 1. The normalized spacial score (nSPS) is 11.9. The fourth-order valence-corrected chi connectivity index (χ4v) is 2.93. The van der Waals surface area contributed by atoms with Gasteiger partial charge < -0.3 is 10.4 Å². The molecule has 1 rings (SSSR count). The Morgan fingerprint density at radius 2 is 1.95 bits per heavy atom. The number of hydrogen-bond acceptors (Lipinski definition) is 3. The van der Waals surface area contributed by atoms with Crippen molar-refractivity contribution in [3.63, 3.8) is 0 Å². The summed E-state index contributed by atoms with van der Waals surface area (Å²) in [6.07, 6.45) is 0.730. The van der Waals surface area contributed by atoms with E-state index in [0.29, 0.717) is 27.9 Å². The van der Waals surface area contributed by atoms with Gasteiger partial charge in [0.15, 0.2) is 0 Å². The molecule has 2 N–H and O–H groups in total. The molecule has 0 fully saturated rings. The molecular formula is C13H15Cl2NO3S. The van der Waals surface area contributed by atoms with Crippen molar-refractivity contribution in [3.8, 4) is 0 Å². The number of carbonyl (C=O) groups is 2. The fraction of sp³-hybridized carbons (Fsp3) is 0.385. The molecule has 0 heterocycles. The molecule has 1 aromatic rings. The number of carboxylic acids is 1. The lowest BCUT2D eigenvalue weighted by atomic mass is 10.3. The third-order valence-corrected chi connectivity index (χ3v) is 4.53. The lowest BCUT2D eigenvalue weighted by Gasteiger charge is -2.11. The van der Waals surface area contributed by atoms with Gasteiger partial charge in [0, 0.05) is 12.2 Å². The number of amides is 1. The van der Waals surface area contributed by atoms with Gasteiger partial charge in [-0.1, -0.05) is 36.2 Å². The smallest absolute Gasteiger partial charge is 0.316 e. The molecule has 0 bridgehead atoms. The number of thioether (sulfide) groups is 1. The topological polar surface area (TPSA) is 66.4 Å². The zero-order valence-electron chi connectivity index (χ0n) is 10.9. The highest BCUT2D eigenvalue weighted by Gasteiger charge is 2.16. The van der Waals surface area contributed by atoms with E-state index in [1.54, 1.807) is 25.1 Å². The molecule has 0 aromatic heterocycles. The number of para-hydroxylation sites is 1. The van der Waals surface area contributed by atoms with Gasteiger partial charge in [-0.05, 0) is 18.6 Å². The summed E-state index contributed by atoms with van der Waals surface area (Å²) in [5.41, 5.74) is 0.385. The van der Waals surface area contributed by atoms with E-state index >= 15 is 0 Å². The van der Waals surface area contributed by atoms with Crippen molar-refractivity contribution in [2.45, 2.75) is 25.0 Å². The highest BCUT2D eigenvalue weighted by molar-refractivity contribution is 8.00. The molecule has 110 valence electrons. The van der Waals surface area contributed by atoms with Gasteiger partial charge in [0.2, 0.25) is 5.91 Å². The van der Waals surface area contributed by atoms with Crippen LogP contribution in [0.3, 0.4) is 0 Å². The first-order valence-electron chi connectivity index (χ1n) is 6.04. The summed E-state index contributed by atoms with van der Waals surface area (Å²) in [7, 11) is 0. The third kappa shape index (κ3) is 5.23. The van der Waals surface area contributed by atoms with Gasteiger partial charge in [0.1, 0.15) is 5.25 Å². The first-order chi connectivity index (χ1) is 9.45. The van der Waals surface area contributed by atoms with E-state index < -0.39 is 11.2 Å². The van der Waals surface area contributed by atoms with Gasteiger partial charge in [-0.15, -0.1) is 11.8 Å². The van der Waals surface area contributed by atoms with E-state index in [-0.39, 0.29) is 12.3 Å². The van der Waals surface area contributed by atoms with Crippen LogP contribution in [-0.2, 0) is 9.59 Å². The van der Waals surface area contributed by atoms with E-state index in [1.807, 2.05) is 0 Å². The van der Waals surface area contributed by atoms with Gasteiger partial charge in [0.05, 0.1) is 15.7 Å². The summed E-state index contributed by atoms with van der Waals surface area (Å²) in [6.45, 7) is 1.80. The van der Waals surface area contributed by atoms with E-state index in [0.717, 1.165) is 0 Å². The van der Waals surface area contributed by atoms with E-state index in [9.17, 15) is 9.59 Å². The van der Waals surface area contributed by atoms with Gasteiger partial charge in [-0.25, -0.2) is 0 Å². The maximum absolute atomic E-state index is 11.8. The number of halogens is 2. The van der Waals surface area contributed by atoms with Crippen LogP contribution in [0.5, 0.6) is 0 Å². The van der Waals surface area contributed by atoms with Crippen LogP contribution in [0.4, 0.5) is 5.69 Å². The van der Waals surface area contributed by atoms with Crippen LogP contribution in [0.15, 0.2) is 18.2 Å². The van der Waals surface area contributed by atoms with Crippen molar-refractivity contribution in [3.05, 3.63) is 28.2 Å². The minimum Gasteiger partial charge on any atom is -0.480 e. The monoisotopic (exact) mass is 335 g/mol. The second-order valence-electron chi connectivity index (χ2n) is 4.00. The molecule has 4 nitrogen and oxygen atoms in total. The van der Waals surface area contributed by atoms with Crippen LogP contribution < -0.4 is 5.32 Å². The minimum absolute atomic E-state index is 0.204. The Hall–Kier alpha value is -0.910. The number of carbonyl (C=O) groups excluding carboxylic acids is 1. The van der Waals surface area contributed by atoms with Crippen LogP contribution in [0.2, 0.25) is 10.0 Å².